The third-order valence-electron chi connectivity index (χ3n) is 4.13. The monoisotopic (exact) mass is 334 g/mol. The number of carbonyl (C=O) groups is 1. The van der Waals surface area contributed by atoms with Gasteiger partial charge in [0.2, 0.25) is 0 Å². The van der Waals surface area contributed by atoms with Crippen LogP contribution in [0.25, 0.3) is 10.9 Å². The summed E-state index contributed by atoms with van der Waals surface area (Å²) in [5.74, 6) is -0.0743. The highest BCUT2D eigenvalue weighted by molar-refractivity contribution is 6.06. The van der Waals surface area contributed by atoms with Crippen LogP contribution in [0, 0.1) is 0 Å². The van der Waals surface area contributed by atoms with Crippen molar-refractivity contribution in [2.75, 3.05) is 13.2 Å². The van der Waals surface area contributed by atoms with Crippen molar-refractivity contribution < 1.29 is 9.53 Å². The van der Waals surface area contributed by atoms with Crippen molar-refractivity contribution >= 4 is 16.8 Å². The van der Waals surface area contributed by atoms with E-state index in [1.807, 2.05) is 55.5 Å². The molecule has 3 rings (SSSR count). The molecule has 1 amide bonds. The number of benzene rings is 2. The highest BCUT2D eigenvalue weighted by Gasteiger charge is 2.09. The lowest BCUT2D eigenvalue weighted by Crippen LogP contribution is -2.25. The van der Waals surface area contributed by atoms with Crippen LogP contribution in [0.4, 0.5) is 0 Å². The molecular weight excluding hydrogens is 312 g/mol. The highest BCUT2D eigenvalue weighted by Crippen LogP contribution is 2.17. The van der Waals surface area contributed by atoms with E-state index in [1.54, 1.807) is 6.20 Å². The summed E-state index contributed by atoms with van der Waals surface area (Å²) < 4.78 is 5.82. The smallest absolute Gasteiger partial charge is 0.251 e. The number of carbonyl (C=O) groups excluding carboxylic acids is 1. The van der Waals surface area contributed by atoms with E-state index in [-0.39, 0.29) is 12.0 Å². The van der Waals surface area contributed by atoms with Crippen LogP contribution < -0.4 is 5.32 Å². The van der Waals surface area contributed by atoms with Gasteiger partial charge < -0.3 is 10.1 Å². The van der Waals surface area contributed by atoms with Gasteiger partial charge in [0.1, 0.15) is 0 Å². The third kappa shape index (κ3) is 4.43. The SMILES string of the molecule is CC(OCCCNC(=O)c1cccc2ncccc12)c1ccccc1. The molecule has 3 aromatic rings. The van der Waals surface area contributed by atoms with Gasteiger partial charge in [0.15, 0.2) is 0 Å². The van der Waals surface area contributed by atoms with Crippen molar-refractivity contribution in [3.63, 3.8) is 0 Å². The number of aromatic nitrogens is 1. The summed E-state index contributed by atoms with van der Waals surface area (Å²) in [6, 6.07) is 19.5. The van der Waals surface area contributed by atoms with Crippen LogP contribution in [0.5, 0.6) is 0 Å². The molecule has 1 unspecified atom stereocenters. The normalized spacial score (nSPS) is 12.0. The molecule has 0 spiro atoms. The summed E-state index contributed by atoms with van der Waals surface area (Å²) in [5.41, 5.74) is 2.65. The molecule has 1 N–H and O–H groups in total. The molecule has 0 saturated heterocycles. The molecule has 0 bridgehead atoms. The lowest BCUT2D eigenvalue weighted by molar-refractivity contribution is 0.0635. The molecular formula is C21H22N2O2. The third-order valence-corrected chi connectivity index (χ3v) is 4.13. The first kappa shape index (κ1) is 17.1. The molecule has 0 radical (unpaired) electrons. The lowest BCUT2D eigenvalue weighted by atomic mass is 10.1. The van der Waals surface area contributed by atoms with Gasteiger partial charge in [-0.2, -0.15) is 0 Å². The number of ether oxygens (including phenoxy) is 1. The second-order valence-electron chi connectivity index (χ2n) is 5.91. The van der Waals surface area contributed by atoms with Gasteiger partial charge in [-0.05, 0) is 37.1 Å². The van der Waals surface area contributed by atoms with Gasteiger partial charge in [-0.1, -0.05) is 42.5 Å². The Balaban J connectivity index is 1.47. The van der Waals surface area contributed by atoms with Crippen LogP contribution in [0.15, 0.2) is 66.9 Å². The predicted molar refractivity (Wildman–Crippen MR) is 99.5 cm³/mol. The molecule has 0 aliphatic heterocycles. The standard InChI is InChI=1S/C21H22N2O2/c1-16(17-8-3-2-4-9-17)25-15-7-14-23-21(24)19-10-5-12-20-18(19)11-6-13-22-20/h2-6,8-13,16H,7,14-15H2,1H3,(H,23,24). The molecule has 25 heavy (non-hydrogen) atoms. The summed E-state index contributed by atoms with van der Waals surface area (Å²) in [6.07, 6.45) is 2.56. The maximum atomic E-state index is 12.4. The number of nitrogens with one attached hydrogen (secondary N) is 1. The first-order chi connectivity index (χ1) is 12.3. The molecule has 0 fully saturated rings. The van der Waals surface area contributed by atoms with E-state index in [2.05, 4.69) is 22.4 Å². The largest absolute Gasteiger partial charge is 0.374 e. The first-order valence-electron chi connectivity index (χ1n) is 8.54. The highest BCUT2D eigenvalue weighted by atomic mass is 16.5. The second-order valence-corrected chi connectivity index (χ2v) is 5.91. The van der Waals surface area contributed by atoms with Crippen LogP contribution in [0.2, 0.25) is 0 Å². The first-order valence-corrected chi connectivity index (χ1v) is 8.54. The predicted octanol–water partition coefficient (Wildman–Crippen LogP) is 4.13. The Hall–Kier alpha value is -2.72. The van der Waals surface area contributed by atoms with Gasteiger partial charge >= 0.3 is 0 Å². The molecule has 0 saturated carbocycles. The summed E-state index contributed by atoms with van der Waals surface area (Å²) in [4.78, 5) is 16.7. The summed E-state index contributed by atoms with van der Waals surface area (Å²) in [7, 11) is 0. The number of fused-ring (bicyclic) bond motifs is 1. The number of hydrogen-bond acceptors (Lipinski definition) is 3. The van der Waals surface area contributed by atoms with Crippen molar-refractivity contribution in [3.8, 4) is 0 Å². The Morgan fingerprint density at radius 3 is 2.76 bits per heavy atom. The topological polar surface area (TPSA) is 51.2 Å². The van der Waals surface area contributed by atoms with Crippen molar-refractivity contribution in [1.82, 2.24) is 10.3 Å². The minimum atomic E-state index is -0.0743. The van der Waals surface area contributed by atoms with Crippen LogP contribution in [-0.2, 0) is 4.74 Å². The van der Waals surface area contributed by atoms with Crippen LogP contribution in [-0.4, -0.2) is 24.0 Å². The second kappa shape index (κ2) is 8.40. The van der Waals surface area contributed by atoms with E-state index in [4.69, 9.17) is 4.74 Å². The average molecular weight is 334 g/mol. The fourth-order valence-electron chi connectivity index (χ4n) is 2.75. The Morgan fingerprint density at radius 2 is 1.92 bits per heavy atom. The van der Waals surface area contributed by atoms with Gasteiger partial charge in [-0.25, -0.2) is 0 Å². The zero-order valence-electron chi connectivity index (χ0n) is 14.3. The molecule has 2 aromatic carbocycles. The lowest BCUT2D eigenvalue weighted by Gasteiger charge is -2.13. The van der Waals surface area contributed by atoms with Crippen molar-refractivity contribution in [1.29, 1.82) is 0 Å². The zero-order valence-corrected chi connectivity index (χ0v) is 14.3. The molecule has 1 aromatic heterocycles. The number of amides is 1. The zero-order chi connectivity index (χ0) is 17.5. The van der Waals surface area contributed by atoms with Gasteiger partial charge in [0.05, 0.1) is 11.6 Å². The Kier molecular flexibility index (Phi) is 5.75. The Bertz CT molecular complexity index is 828. The fourth-order valence-corrected chi connectivity index (χ4v) is 2.75. The maximum absolute atomic E-state index is 12.4. The van der Waals surface area contributed by atoms with E-state index < -0.39 is 0 Å². The molecule has 1 heterocycles. The summed E-state index contributed by atoms with van der Waals surface area (Å²) >= 11 is 0. The van der Waals surface area contributed by atoms with Gasteiger partial charge in [0, 0.05) is 30.3 Å². The minimum Gasteiger partial charge on any atom is -0.374 e. The van der Waals surface area contributed by atoms with E-state index in [0.29, 0.717) is 18.7 Å². The van der Waals surface area contributed by atoms with Gasteiger partial charge in [0.25, 0.3) is 5.91 Å². The van der Waals surface area contributed by atoms with Crippen LogP contribution >= 0.6 is 0 Å². The van der Waals surface area contributed by atoms with E-state index in [0.717, 1.165) is 22.9 Å². The quantitative estimate of drug-likeness (QED) is 0.661. The van der Waals surface area contributed by atoms with Crippen LogP contribution in [0.1, 0.15) is 35.4 Å². The summed E-state index contributed by atoms with van der Waals surface area (Å²) in [6.45, 7) is 3.22. The number of rotatable bonds is 7. The fraction of sp³-hybridized carbons (Fsp3) is 0.238. The number of pyridine rings is 1. The van der Waals surface area contributed by atoms with E-state index >= 15 is 0 Å². The maximum Gasteiger partial charge on any atom is 0.251 e. The van der Waals surface area contributed by atoms with Gasteiger partial charge in [-0.15, -0.1) is 0 Å². The summed E-state index contributed by atoms with van der Waals surface area (Å²) in [5, 5.41) is 3.83. The molecule has 4 nitrogen and oxygen atoms in total. The molecule has 1 atom stereocenters. The van der Waals surface area contributed by atoms with Gasteiger partial charge in [-0.3, -0.25) is 9.78 Å². The van der Waals surface area contributed by atoms with Crippen molar-refractivity contribution in [2.24, 2.45) is 0 Å². The minimum absolute atomic E-state index is 0.0565. The van der Waals surface area contributed by atoms with Crippen LogP contribution in [0.3, 0.4) is 0 Å². The average Bonchev–Trinajstić information content (AvgIpc) is 2.67. The van der Waals surface area contributed by atoms with E-state index in [9.17, 15) is 4.79 Å². The molecule has 0 aliphatic rings. The van der Waals surface area contributed by atoms with Crippen molar-refractivity contribution in [2.45, 2.75) is 19.4 Å². The Labute approximate surface area is 147 Å². The van der Waals surface area contributed by atoms with E-state index in [1.165, 1.54) is 0 Å². The Morgan fingerprint density at radius 1 is 1.08 bits per heavy atom. The number of hydrogen-bond donors (Lipinski definition) is 1. The molecule has 4 heteroatoms. The molecule has 128 valence electrons. The number of nitrogens with zero attached hydrogens (tertiary/aromatic N) is 1. The molecule has 0 aliphatic carbocycles. The van der Waals surface area contributed by atoms with Crippen molar-refractivity contribution in [3.05, 3.63) is 78.0 Å².